The molecule has 1 aliphatic rings. The standard InChI is InChI=1S/C17H20N2O2S/c1-21-16-4-8-19(17(20)11-14-5-9-22-12-14)15(16)10-13-2-6-18-7-3-13/h2-3,5-7,9,12,15-16H,4,8,10-11H2,1H3/t15-,16-/m0/s1. The van der Waals surface area contributed by atoms with Crippen LogP contribution in [0.15, 0.2) is 41.4 Å². The molecule has 5 heteroatoms. The number of hydrogen-bond donors (Lipinski definition) is 0. The Kier molecular flexibility index (Phi) is 4.85. The van der Waals surface area contributed by atoms with Crippen LogP contribution in [0.2, 0.25) is 0 Å². The first-order valence-corrected chi connectivity index (χ1v) is 8.44. The van der Waals surface area contributed by atoms with Crippen molar-refractivity contribution in [3.63, 3.8) is 0 Å². The molecule has 0 aromatic carbocycles. The van der Waals surface area contributed by atoms with Gasteiger partial charge in [0.25, 0.3) is 0 Å². The second-order valence-corrected chi connectivity index (χ2v) is 6.37. The van der Waals surface area contributed by atoms with Crippen molar-refractivity contribution in [2.75, 3.05) is 13.7 Å². The fourth-order valence-electron chi connectivity index (χ4n) is 3.08. The van der Waals surface area contributed by atoms with E-state index < -0.39 is 0 Å². The van der Waals surface area contributed by atoms with Crippen molar-refractivity contribution in [1.29, 1.82) is 0 Å². The van der Waals surface area contributed by atoms with Crippen molar-refractivity contribution in [2.24, 2.45) is 0 Å². The molecule has 2 aromatic rings. The first-order valence-electron chi connectivity index (χ1n) is 7.50. The third-order valence-electron chi connectivity index (χ3n) is 4.24. The summed E-state index contributed by atoms with van der Waals surface area (Å²) in [6, 6.07) is 6.14. The zero-order valence-corrected chi connectivity index (χ0v) is 13.5. The highest BCUT2D eigenvalue weighted by Crippen LogP contribution is 2.25. The lowest BCUT2D eigenvalue weighted by molar-refractivity contribution is -0.132. The van der Waals surface area contributed by atoms with Crippen LogP contribution in [0.1, 0.15) is 17.5 Å². The van der Waals surface area contributed by atoms with Crippen LogP contribution >= 0.6 is 11.3 Å². The second-order valence-electron chi connectivity index (χ2n) is 5.59. The zero-order valence-electron chi connectivity index (χ0n) is 12.6. The number of ether oxygens (including phenoxy) is 1. The maximum absolute atomic E-state index is 12.6. The fraction of sp³-hybridized carbons (Fsp3) is 0.412. The lowest BCUT2D eigenvalue weighted by Crippen LogP contribution is -2.42. The summed E-state index contributed by atoms with van der Waals surface area (Å²) in [5.41, 5.74) is 2.29. The van der Waals surface area contributed by atoms with E-state index in [2.05, 4.69) is 4.98 Å². The number of pyridine rings is 1. The number of methoxy groups -OCH3 is 1. The third kappa shape index (κ3) is 3.36. The van der Waals surface area contributed by atoms with Gasteiger partial charge >= 0.3 is 0 Å². The second kappa shape index (κ2) is 7.03. The number of rotatable bonds is 5. The normalized spacial score (nSPS) is 21.2. The van der Waals surface area contributed by atoms with Crippen molar-refractivity contribution >= 4 is 17.2 Å². The monoisotopic (exact) mass is 316 g/mol. The maximum Gasteiger partial charge on any atom is 0.227 e. The van der Waals surface area contributed by atoms with Crippen molar-refractivity contribution < 1.29 is 9.53 Å². The topological polar surface area (TPSA) is 42.4 Å². The first-order chi connectivity index (χ1) is 10.8. The molecule has 4 nitrogen and oxygen atoms in total. The predicted octanol–water partition coefficient (Wildman–Crippen LogP) is 2.54. The number of hydrogen-bond acceptors (Lipinski definition) is 4. The Morgan fingerprint density at radius 3 is 2.86 bits per heavy atom. The van der Waals surface area contributed by atoms with Gasteiger partial charge in [-0.15, -0.1) is 0 Å². The molecule has 0 N–H and O–H groups in total. The molecule has 1 fully saturated rings. The van der Waals surface area contributed by atoms with Crippen molar-refractivity contribution in [1.82, 2.24) is 9.88 Å². The third-order valence-corrected chi connectivity index (χ3v) is 4.97. The molecule has 0 radical (unpaired) electrons. The maximum atomic E-state index is 12.6. The van der Waals surface area contributed by atoms with Gasteiger partial charge in [-0.1, -0.05) is 0 Å². The van der Waals surface area contributed by atoms with Crippen LogP contribution in [0.3, 0.4) is 0 Å². The van der Waals surface area contributed by atoms with Crippen LogP contribution in [0.4, 0.5) is 0 Å². The van der Waals surface area contributed by atoms with Crippen LogP contribution in [-0.4, -0.2) is 41.6 Å². The van der Waals surface area contributed by atoms with Gasteiger partial charge in [-0.2, -0.15) is 11.3 Å². The molecule has 2 atom stereocenters. The lowest BCUT2D eigenvalue weighted by atomic mass is 10.0. The van der Waals surface area contributed by atoms with Crippen molar-refractivity contribution in [3.8, 4) is 0 Å². The van der Waals surface area contributed by atoms with Gasteiger partial charge in [-0.05, 0) is 52.9 Å². The van der Waals surface area contributed by atoms with E-state index in [1.807, 2.05) is 33.9 Å². The molecule has 22 heavy (non-hydrogen) atoms. The fourth-order valence-corrected chi connectivity index (χ4v) is 3.75. The number of carbonyl (C=O) groups is 1. The highest BCUT2D eigenvalue weighted by molar-refractivity contribution is 7.07. The average molecular weight is 316 g/mol. The SMILES string of the molecule is CO[C@H]1CCN(C(=O)Cc2ccsc2)[C@H]1Cc1ccncc1. The number of carbonyl (C=O) groups excluding carboxylic acids is 1. The number of amides is 1. The van der Waals surface area contributed by atoms with Gasteiger partial charge in [0.1, 0.15) is 0 Å². The van der Waals surface area contributed by atoms with Gasteiger partial charge in [0.05, 0.1) is 18.6 Å². The number of aromatic nitrogens is 1. The van der Waals surface area contributed by atoms with Gasteiger partial charge in [0.2, 0.25) is 5.91 Å². The largest absolute Gasteiger partial charge is 0.379 e. The van der Waals surface area contributed by atoms with Crippen LogP contribution in [0, 0.1) is 0 Å². The van der Waals surface area contributed by atoms with Gasteiger partial charge in [-0.3, -0.25) is 9.78 Å². The Balaban J connectivity index is 1.72. The summed E-state index contributed by atoms with van der Waals surface area (Å²) in [5.74, 6) is 0.192. The minimum atomic E-state index is 0.110. The Bertz CT molecular complexity index is 600. The molecule has 0 unspecified atom stereocenters. The van der Waals surface area contributed by atoms with Gasteiger partial charge in [0, 0.05) is 26.0 Å². The number of nitrogens with zero attached hydrogens (tertiary/aromatic N) is 2. The van der Waals surface area contributed by atoms with E-state index >= 15 is 0 Å². The summed E-state index contributed by atoms with van der Waals surface area (Å²) >= 11 is 1.63. The molecule has 1 aliphatic heterocycles. The van der Waals surface area contributed by atoms with Gasteiger partial charge in [-0.25, -0.2) is 0 Å². The minimum absolute atomic E-state index is 0.110. The summed E-state index contributed by atoms with van der Waals surface area (Å²) in [7, 11) is 1.73. The Morgan fingerprint density at radius 2 is 2.18 bits per heavy atom. The van der Waals surface area contributed by atoms with Gasteiger partial charge < -0.3 is 9.64 Å². The summed E-state index contributed by atoms with van der Waals surface area (Å²) in [6.07, 6.45) is 5.90. The van der Waals surface area contributed by atoms with E-state index in [-0.39, 0.29) is 18.1 Å². The molecule has 1 saturated heterocycles. The van der Waals surface area contributed by atoms with Crippen LogP contribution in [0.25, 0.3) is 0 Å². The summed E-state index contributed by atoms with van der Waals surface area (Å²) in [5, 5.41) is 4.05. The summed E-state index contributed by atoms with van der Waals surface area (Å²) in [4.78, 5) is 18.7. The van der Waals surface area contributed by atoms with Crippen molar-refractivity contribution in [3.05, 3.63) is 52.5 Å². The molecule has 1 amide bonds. The van der Waals surface area contributed by atoms with Crippen LogP contribution in [0.5, 0.6) is 0 Å². The molecule has 0 bridgehead atoms. The molecule has 3 heterocycles. The smallest absolute Gasteiger partial charge is 0.227 e. The minimum Gasteiger partial charge on any atom is -0.379 e. The Labute approximate surface area is 134 Å². The van der Waals surface area contributed by atoms with E-state index in [1.54, 1.807) is 30.8 Å². The Hall–Kier alpha value is -1.72. The first kappa shape index (κ1) is 15.2. The average Bonchev–Trinajstić information content (AvgIpc) is 3.18. The quantitative estimate of drug-likeness (QED) is 0.851. The van der Waals surface area contributed by atoms with E-state index in [0.717, 1.165) is 24.9 Å². The molecule has 116 valence electrons. The molecule has 3 rings (SSSR count). The molecule has 2 aromatic heterocycles. The van der Waals surface area contributed by atoms with E-state index in [1.165, 1.54) is 5.56 Å². The lowest BCUT2D eigenvalue weighted by Gasteiger charge is -2.28. The zero-order chi connectivity index (χ0) is 15.4. The van der Waals surface area contributed by atoms with E-state index in [4.69, 9.17) is 4.74 Å². The number of likely N-dealkylation sites (tertiary alicyclic amines) is 1. The summed E-state index contributed by atoms with van der Waals surface area (Å²) in [6.45, 7) is 0.775. The van der Waals surface area contributed by atoms with Crippen LogP contribution < -0.4 is 0 Å². The molecule has 0 spiro atoms. The predicted molar refractivity (Wildman–Crippen MR) is 86.9 cm³/mol. The highest BCUT2D eigenvalue weighted by atomic mass is 32.1. The van der Waals surface area contributed by atoms with Crippen molar-refractivity contribution in [2.45, 2.75) is 31.4 Å². The van der Waals surface area contributed by atoms with E-state index in [0.29, 0.717) is 6.42 Å². The number of thiophene rings is 1. The highest BCUT2D eigenvalue weighted by Gasteiger charge is 2.36. The Morgan fingerprint density at radius 1 is 1.36 bits per heavy atom. The van der Waals surface area contributed by atoms with E-state index in [9.17, 15) is 4.79 Å². The van der Waals surface area contributed by atoms with Crippen LogP contribution in [-0.2, 0) is 22.4 Å². The molecule has 0 aliphatic carbocycles. The molecular formula is C17H20N2O2S. The molecular weight excluding hydrogens is 296 g/mol. The summed E-state index contributed by atoms with van der Waals surface area (Å²) < 4.78 is 5.60. The van der Waals surface area contributed by atoms with Gasteiger partial charge in [0.15, 0.2) is 0 Å². The molecule has 0 saturated carbocycles.